The van der Waals surface area contributed by atoms with Crippen molar-refractivity contribution in [3.05, 3.63) is 66.0 Å². The number of rotatable bonds is 8. The fourth-order valence-electron chi connectivity index (χ4n) is 4.53. The summed E-state index contributed by atoms with van der Waals surface area (Å²) in [7, 11) is 0. The second kappa shape index (κ2) is 9.13. The summed E-state index contributed by atoms with van der Waals surface area (Å²) in [6.45, 7) is 2.93. The summed E-state index contributed by atoms with van der Waals surface area (Å²) in [4.78, 5) is 30.4. The van der Waals surface area contributed by atoms with Gasteiger partial charge in [0, 0.05) is 56.8 Å². The van der Waals surface area contributed by atoms with Crippen LogP contribution in [0.5, 0.6) is 0 Å². The molecule has 0 aliphatic carbocycles. The average Bonchev–Trinajstić information content (AvgIpc) is 3.50. The molecule has 0 saturated carbocycles. The van der Waals surface area contributed by atoms with E-state index < -0.39 is 17.9 Å². The number of aliphatic hydroxyl groups is 1. The van der Waals surface area contributed by atoms with E-state index in [1.807, 2.05) is 66.4 Å². The van der Waals surface area contributed by atoms with Gasteiger partial charge >= 0.3 is 0 Å². The highest BCUT2D eigenvalue weighted by atomic mass is 32.2. The third-order valence-electron chi connectivity index (χ3n) is 6.07. The number of thioether (sulfide) groups is 1. The van der Waals surface area contributed by atoms with Crippen molar-refractivity contribution in [1.29, 1.82) is 0 Å². The fourth-order valence-corrected chi connectivity index (χ4v) is 4.97. The number of aliphatic hydroxyl groups excluding tert-OH is 1. The van der Waals surface area contributed by atoms with E-state index in [9.17, 15) is 14.7 Å². The molecule has 2 aromatic heterocycles. The zero-order valence-corrected chi connectivity index (χ0v) is 19.7. The summed E-state index contributed by atoms with van der Waals surface area (Å²) in [6.07, 6.45) is 4.92. The molecule has 7 nitrogen and oxygen atoms in total. The van der Waals surface area contributed by atoms with Crippen LogP contribution in [0.1, 0.15) is 18.1 Å². The second-order valence-electron chi connectivity index (χ2n) is 8.17. The number of ether oxygens (including phenoxy) is 1. The van der Waals surface area contributed by atoms with Gasteiger partial charge in [0.2, 0.25) is 0 Å². The van der Waals surface area contributed by atoms with Crippen LogP contribution in [0.15, 0.2) is 59.8 Å². The first-order chi connectivity index (χ1) is 16.5. The highest BCUT2D eigenvalue weighted by molar-refractivity contribution is 7.98. The largest absolute Gasteiger partial charge is 0.389 e. The van der Waals surface area contributed by atoms with Crippen LogP contribution in [-0.2, 0) is 20.9 Å². The lowest BCUT2D eigenvalue weighted by Gasteiger charge is -2.12. The van der Waals surface area contributed by atoms with Gasteiger partial charge in [0.1, 0.15) is 0 Å². The predicted molar refractivity (Wildman–Crippen MR) is 134 cm³/mol. The molecule has 34 heavy (non-hydrogen) atoms. The zero-order valence-electron chi connectivity index (χ0n) is 18.9. The summed E-state index contributed by atoms with van der Waals surface area (Å²) < 4.78 is 7.30. The Labute approximate surface area is 200 Å². The van der Waals surface area contributed by atoms with E-state index in [-0.39, 0.29) is 6.61 Å². The highest BCUT2D eigenvalue weighted by Crippen LogP contribution is 2.39. The summed E-state index contributed by atoms with van der Waals surface area (Å²) >= 11 is 1.60. The van der Waals surface area contributed by atoms with Gasteiger partial charge in [0.15, 0.2) is 0 Å². The van der Waals surface area contributed by atoms with Crippen molar-refractivity contribution in [3.63, 3.8) is 0 Å². The van der Waals surface area contributed by atoms with Gasteiger partial charge < -0.3 is 19.4 Å². The number of aromatic nitrogens is 2. The Hall–Kier alpha value is -3.33. The third-order valence-corrected chi connectivity index (χ3v) is 6.79. The number of imide groups is 1. The van der Waals surface area contributed by atoms with Crippen molar-refractivity contribution in [2.45, 2.75) is 24.5 Å². The molecule has 3 heterocycles. The minimum atomic E-state index is -0.704. The van der Waals surface area contributed by atoms with Crippen molar-refractivity contribution >= 4 is 56.5 Å². The number of nitrogens with one attached hydrogen (secondary N) is 2. The van der Waals surface area contributed by atoms with Gasteiger partial charge in [-0.2, -0.15) is 0 Å². The maximum atomic E-state index is 13.1. The molecular weight excluding hydrogens is 450 g/mol. The van der Waals surface area contributed by atoms with E-state index >= 15 is 0 Å². The number of hydrogen-bond acceptors (Lipinski definition) is 5. The lowest BCUT2D eigenvalue weighted by molar-refractivity contribution is -0.122. The number of fused-ring (bicyclic) bond motifs is 2. The van der Waals surface area contributed by atoms with Crippen LogP contribution in [0, 0.1) is 0 Å². The highest BCUT2D eigenvalue weighted by Gasteiger charge is 2.35. The number of H-pyrrole nitrogens is 1. The van der Waals surface area contributed by atoms with Gasteiger partial charge in [-0.1, -0.05) is 18.2 Å². The average molecular weight is 476 g/mol. The summed E-state index contributed by atoms with van der Waals surface area (Å²) in [5.41, 5.74) is 3.82. The quantitative estimate of drug-likeness (QED) is 0.266. The molecule has 174 valence electrons. The number of nitrogens with zero attached hydrogens (tertiary/aromatic N) is 1. The van der Waals surface area contributed by atoms with Crippen molar-refractivity contribution in [2.24, 2.45) is 0 Å². The first-order valence-electron chi connectivity index (χ1n) is 11.1. The zero-order chi connectivity index (χ0) is 23.8. The molecule has 0 bridgehead atoms. The maximum absolute atomic E-state index is 13.1. The number of hydrogen-bond donors (Lipinski definition) is 3. The van der Waals surface area contributed by atoms with Gasteiger partial charge in [0.05, 0.1) is 30.4 Å². The van der Waals surface area contributed by atoms with Gasteiger partial charge in [-0.3, -0.25) is 14.9 Å². The number of para-hydroxylation sites is 1. The fraction of sp³-hybridized carbons (Fsp3) is 0.231. The summed E-state index contributed by atoms with van der Waals surface area (Å²) in [6, 6.07) is 13.7. The second-order valence-corrected chi connectivity index (χ2v) is 9.05. The third kappa shape index (κ3) is 3.83. The van der Waals surface area contributed by atoms with Gasteiger partial charge in [-0.05, 0) is 37.4 Å². The monoisotopic (exact) mass is 475 g/mol. The predicted octanol–water partition coefficient (Wildman–Crippen LogP) is 3.81. The van der Waals surface area contributed by atoms with Crippen molar-refractivity contribution in [3.8, 4) is 0 Å². The molecule has 3 N–H and O–H groups in total. The van der Waals surface area contributed by atoms with Crippen LogP contribution in [0.4, 0.5) is 0 Å². The Bertz CT molecular complexity index is 1450. The Morgan fingerprint density at radius 1 is 1.06 bits per heavy atom. The normalized spacial score (nSPS) is 15.0. The van der Waals surface area contributed by atoms with E-state index in [0.717, 1.165) is 26.7 Å². The smallest absolute Gasteiger partial charge is 0.259 e. The van der Waals surface area contributed by atoms with Gasteiger partial charge in [0.25, 0.3) is 11.8 Å². The van der Waals surface area contributed by atoms with Gasteiger partial charge in [-0.25, -0.2) is 0 Å². The van der Waals surface area contributed by atoms with Crippen LogP contribution in [-0.4, -0.2) is 52.0 Å². The van der Waals surface area contributed by atoms with Gasteiger partial charge in [-0.15, -0.1) is 11.8 Å². The minimum absolute atomic E-state index is 0.219. The van der Waals surface area contributed by atoms with Crippen LogP contribution in [0.25, 0.3) is 33.0 Å². The lowest BCUT2D eigenvalue weighted by atomic mass is 9.95. The van der Waals surface area contributed by atoms with Crippen molar-refractivity contribution < 1.29 is 19.4 Å². The number of carbonyl (C=O) groups is 2. The molecule has 0 radical (unpaired) electrons. The lowest BCUT2D eigenvalue weighted by Crippen LogP contribution is -2.22. The van der Waals surface area contributed by atoms with E-state index in [0.29, 0.717) is 35.4 Å². The molecule has 0 fully saturated rings. The summed E-state index contributed by atoms with van der Waals surface area (Å²) in [5, 5.41) is 14.7. The number of amides is 2. The molecular formula is C26H25N3O4S. The van der Waals surface area contributed by atoms with E-state index in [2.05, 4.69) is 10.3 Å². The maximum Gasteiger partial charge on any atom is 0.259 e. The summed E-state index contributed by atoms with van der Waals surface area (Å²) in [5.74, 6) is -0.836. The van der Waals surface area contributed by atoms with Crippen molar-refractivity contribution in [2.75, 3.05) is 19.5 Å². The number of benzene rings is 2. The Kier molecular flexibility index (Phi) is 6.03. The van der Waals surface area contributed by atoms with E-state index in [1.165, 1.54) is 0 Å². The number of carbonyl (C=O) groups excluding carboxylic acids is 2. The SMILES string of the molecule is CCOCC(O)Cn1cc(C2=C(c3c[nH]c4ccccc34)C(=O)NC2=O)c2cc(SC)ccc21. The van der Waals surface area contributed by atoms with Crippen LogP contribution >= 0.6 is 11.8 Å². The standard InChI is InChI=1S/C26H25N3O4S/c1-3-33-14-15(30)12-29-13-20(18-10-16(34-2)8-9-22(18)29)24-23(25(31)28-26(24)32)19-11-27-21-7-5-4-6-17(19)21/h4-11,13,15,27,30H,3,12,14H2,1-2H3,(H,28,31,32). The van der Waals surface area contributed by atoms with Crippen LogP contribution < -0.4 is 5.32 Å². The molecule has 4 aromatic rings. The molecule has 1 aliphatic rings. The van der Waals surface area contributed by atoms with E-state index in [1.54, 1.807) is 18.0 Å². The molecule has 0 saturated heterocycles. The Morgan fingerprint density at radius 3 is 2.59 bits per heavy atom. The first-order valence-corrected chi connectivity index (χ1v) is 12.3. The Morgan fingerprint density at radius 2 is 1.82 bits per heavy atom. The van der Waals surface area contributed by atoms with Crippen molar-refractivity contribution in [1.82, 2.24) is 14.9 Å². The number of aromatic amines is 1. The topological polar surface area (TPSA) is 96.3 Å². The molecule has 2 aromatic carbocycles. The molecule has 0 spiro atoms. The molecule has 1 aliphatic heterocycles. The molecule has 5 rings (SSSR count). The first kappa shape index (κ1) is 22.5. The minimum Gasteiger partial charge on any atom is -0.389 e. The molecule has 1 atom stereocenters. The van der Waals surface area contributed by atoms with E-state index in [4.69, 9.17) is 4.74 Å². The van der Waals surface area contributed by atoms with Crippen LogP contribution in [0.3, 0.4) is 0 Å². The van der Waals surface area contributed by atoms with Crippen LogP contribution in [0.2, 0.25) is 0 Å². The molecule has 8 heteroatoms. The molecule has 1 unspecified atom stereocenters. The Balaban J connectivity index is 1.72. The molecule has 2 amide bonds.